The second-order valence-electron chi connectivity index (χ2n) is 8.37. The Bertz CT molecular complexity index is 1750. The quantitative estimate of drug-likeness (QED) is 0.177. The molecule has 10 nitrogen and oxygen atoms in total. The highest BCUT2D eigenvalue weighted by molar-refractivity contribution is 5.92. The van der Waals surface area contributed by atoms with Crippen LogP contribution in [0.5, 0.6) is 5.75 Å². The van der Waals surface area contributed by atoms with Crippen LogP contribution in [-0.4, -0.2) is 33.3 Å². The van der Waals surface area contributed by atoms with Crippen LogP contribution in [0.4, 0.5) is 11.4 Å². The van der Waals surface area contributed by atoms with Crippen LogP contribution in [0.3, 0.4) is 0 Å². The summed E-state index contributed by atoms with van der Waals surface area (Å²) in [6.07, 6.45) is 1.34. The molecule has 0 saturated carbocycles. The maximum absolute atomic E-state index is 13.3. The van der Waals surface area contributed by atoms with E-state index in [1.807, 2.05) is 36.4 Å². The molecule has 192 valence electrons. The van der Waals surface area contributed by atoms with Crippen LogP contribution >= 0.6 is 0 Å². The number of rotatable bonds is 8. The van der Waals surface area contributed by atoms with Crippen molar-refractivity contribution >= 4 is 34.4 Å². The summed E-state index contributed by atoms with van der Waals surface area (Å²) in [5.74, 6) is -0.206. The van der Waals surface area contributed by atoms with E-state index in [0.29, 0.717) is 33.5 Å². The van der Waals surface area contributed by atoms with Gasteiger partial charge in [0.25, 0.3) is 11.5 Å². The Kier molecular flexibility index (Phi) is 7.17. The largest absolute Gasteiger partial charge is 0.477 e. The van der Waals surface area contributed by atoms with Gasteiger partial charge in [-0.25, -0.2) is 4.98 Å². The third kappa shape index (κ3) is 5.70. The van der Waals surface area contributed by atoms with Crippen molar-refractivity contribution in [2.24, 2.45) is 5.10 Å². The lowest BCUT2D eigenvalue weighted by molar-refractivity contribution is -0.385. The number of para-hydroxylation sites is 2. The Morgan fingerprint density at radius 2 is 1.67 bits per heavy atom. The van der Waals surface area contributed by atoms with Gasteiger partial charge >= 0.3 is 5.69 Å². The van der Waals surface area contributed by atoms with E-state index in [1.165, 1.54) is 23.0 Å². The van der Waals surface area contributed by atoms with Crippen LogP contribution in [0, 0.1) is 10.1 Å². The van der Waals surface area contributed by atoms with E-state index < -0.39 is 17.4 Å². The predicted molar refractivity (Wildman–Crippen MR) is 148 cm³/mol. The number of carbonyl (C=O) groups is 1. The molecule has 1 heterocycles. The van der Waals surface area contributed by atoms with Crippen LogP contribution in [0.25, 0.3) is 22.3 Å². The third-order valence-electron chi connectivity index (χ3n) is 5.70. The molecule has 4 aromatic carbocycles. The maximum atomic E-state index is 13.3. The highest BCUT2D eigenvalue weighted by atomic mass is 16.6. The van der Waals surface area contributed by atoms with E-state index in [-0.39, 0.29) is 17.0 Å². The molecule has 0 aliphatic carbocycles. The average molecular weight is 520 g/mol. The summed E-state index contributed by atoms with van der Waals surface area (Å²) in [7, 11) is 0. The first-order chi connectivity index (χ1) is 19.0. The molecule has 39 heavy (non-hydrogen) atoms. The predicted octanol–water partition coefficient (Wildman–Crippen LogP) is 4.87. The molecule has 1 amide bonds. The number of carbonyl (C=O) groups excluding carboxylic acids is 1. The molecular weight excluding hydrogens is 498 g/mol. The van der Waals surface area contributed by atoms with Gasteiger partial charge in [-0.05, 0) is 36.4 Å². The van der Waals surface area contributed by atoms with Crippen LogP contribution in [0.15, 0.2) is 113 Å². The van der Waals surface area contributed by atoms with Crippen molar-refractivity contribution in [2.45, 2.75) is 0 Å². The smallest absolute Gasteiger partial charge is 0.311 e. The van der Waals surface area contributed by atoms with Crippen molar-refractivity contribution in [2.75, 3.05) is 11.9 Å². The molecule has 0 spiro atoms. The summed E-state index contributed by atoms with van der Waals surface area (Å²) in [5, 5.41) is 19.1. The van der Waals surface area contributed by atoms with Gasteiger partial charge in [-0.1, -0.05) is 60.7 Å². The SMILES string of the molecule is O=C(COc1ccc(C=Nn2c(-c3ccccc3)nc3ccccc3c2=O)cc1[N+](=O)[O-])Nc1ccccc1. The van der Waals surface area contributed by atoms with Crippen molar-refractivity contribution in [3.05, 3.63) is 129 Å². The van der Waals surface area contributed by atoms with Crippen LogP contribution in [0.2, 0.25) is 0 Å². The minimum Gasteiger partial charge on any atom is -0.477 e. The Balaban J connectivity index is 1.43. The number of benzene rings is 4. The van der Waals surface area contributed by atoms with Crippen LogP contribution in [0.1, 0.15) is 5.56 Å². The average Bonchev–Trinajstić information content (AvgIpc) is 2.96. The molecule has 1 aromatic heterocycles. The van der Waals surface area contributed by atoms with Gasteiger partial charge in [0.2, 0.25) is 0 Å². The first-order valence-corrected chi connectivity index (χ1v) is 11.9. The van der Waals surface area contributed by atoms with Gasteiger partial charge in [-0.3, -0.25) is 19.7 Å². The molecule has 0 unspecified atom stereocenters. The lowest BCUT2D eigenvalue weighted by atomic mass is 10.2. The molecule has 0 bridgehead atoms. The zero-order chi connectivity index (χ0) is 27.2. The Hall–Kier alpha value is -5.64. The second kappa shape index (κ2) is 11.2. The number of fused-ring (bicyclic) bond motifs is 1. The van der Waals surface area contributed by atoms with Gasteiger partial charge in [0.15, 0.2) is 18.2 Å². The minimum atomic E-state index is -0.610. The number of nitro benzene ring substituents is 1. The fourth-order valence-corrected chi connectivity index (χ4v) is 3.87. The van der Waals surface area contributed by atoms with Crippen LogP contribution in [-0.2, 0) is 4.79 Å². The van der Waals surface area contributed by atoms with E-state index in [2.05, 4.69) is 15.4 Å². The van der Waals surface area contributed by atoms with Crippen molar-refractivity contribution in [1.29, 1.82) is 0 Å². The summed E-state index contributed by atoms with van der Waals surface area (Å²) in [6, 6.07) is 29.1. The summed E-state index contributed by atoms with van der Waals surface area (Å²) in [4.78, 5) is 41.3. The highest BCUT2D eigenvalue weighted by Gasteiger charge is 2.18. The number of nitrogens with one attached hydrogen (secondary N) is 1. The van der Waals surface area contributed by atoms with E-state index in [4.69, 9.17) is 4.74 Å². The van der Waals surface area contributed by atoms with Gasteiger partial charge in [0, 0.05) is 22.9 Å². The number of aromatic nitrogens is 2. The Morgan fingerprint density at radius 3 is 2.41 bits per heavy atom. The Labute approximate surface area is 222 Å². The molecule has 0 radical (unpaired) electrons. The lowest BCUT2D eigenvalue weighted by Crippen LogP contribution is -2.20. The molecule has 5 aromatic rings. The van der Waals surface area contributed by atoms with Crippen molar-refractivity contribution in [1.82, 2.24) is 9.66 Å². The topological polar surface area (TPSA) is 129 Å². The summed E-state index contributed by atoms with van der Waals surface area (Å²) < 4.78 is 6.60. The molecule has 0 fully saturated rings. The van der Waals surface area contributed by atoms with E-state index in [9.17, 15) is 19.7 Å². The van der Waals surface area contributed by atoms with Crippen molar-refractivity contribution < 1.29 is 14.5 Å². The number of nitrogens with zero attached hydrogens (tertiary/aromatic N) is 4. The molecule has 0 aliphatic heterocycles. The maximum Gasteiger partial charge on any atom is 0.311 e. The van der Waals surface area contributed by atoms with Gasteiger partial charge in [-0.2, -0.15) is 9.78 Å². The molecule has 0 aliphatic rings. The number of hydrogen-bond acceptors (Lipinski definition) is 7. The zero-order valence-electron chi connectivity index (χ0n) is 20.4. The minimum absolute atomic E-state index is 0.0742. The molecule has 1 N–H and O–H groups in total. The molecular formula is C29H21N5O5. The van der Waals surface area contributed by atoms with Crippen molar-refractivity contribution in [3.8, 4) is 17.1 Å². The first kappa shape index (κ1) is 25.0. The highest BCUT2D eigenvalue weighted by Crippen LogP contribution is 2.28. The summed E-state index contributed by atoms with van der Waals surface area (Å²) >= 11 is 0. The standard InChI is InChI=1S/C29H21N5O5/c35-27(31-22-11-5-2-6-12-22)19-39-26-16-15-20(17-25(26)34(37)38)18-30-33-28(21-9-3-1-4-10-21)32-24-14-8-7-13-23(24)29(33)36/h1-18H,19H2,(H,31,35). The third-order valence-corrected chi connectivity index (χ3v) is 5.70. The zero-order valence-corrected chi connectivity index (χ0v) is 20.4. The first-order valence-electron chi connectivity index (χ1n) is 11.9. The number of amides is 1. The van der Waals surface area contributed by atoms with Gasteiger partial charge in [-0.15, -0.1) is 0 Å². The second-order valence-corrected chi connectivity index (χ2v) is 8.37. The van der Waals surface area contributed by atoms with Gasteiger partial charge in [0.05, 0.1) is 22.0 Å². The van der Waals surface area contributed by atoms with Crippen LogP contribution < -0.4 is 15.6 Å². The summed E-state index contributed by atoms with van der Waals surface area (Å²) in [6.45, 7) is -0.415. The normalized spacial score (nSPS) is 11.0. The van der Waals surface area contributed by atoms with Crippen molar-refractivity contribution in [3.63, 3.8) is 0 Å². The molecule has 10 heteroatoms. The molecule has 0 atom stereocenters. The lowest BCUT2D eigenvalue weighted by Gasteiger charge is -2.10. The molecule has 0 saturated heterocycles. The number of ether oxygens (including phenoxy) is 1. The summed E-state index contributed by atoms with van der Waals surface area (Å²) in [5.41, 5.74) is 1.41. The van der Waals surface area contributed by atoms with Gasteiger partial charge < -0.3 is 10.1 Å². The fourth-order valence-electron chi connectivity index (χ4n) is 3.87. The van der Waals surface area contributed by atoms with E-state index >= 15 is 0 Å². The fraction of sp³-hybridized carbons (Fsp3) is 0.0345. The van der Waals surface area contributed by atoms with E-state index in [1.54, 1.807) is 54.6 Å². The monoisotopic (exact) mass is 519 g/mol. The number of nitro groups is 1. The number of anilines is 1. The Morgan fingerprint density at radius 1 is 0.974 bits per heavy atom. The number of hydrogen-bond donors (Lipinski definition) is 1. The van der Waals surface area contributed by atoms with E-state index in [0.717, 1.165) is 0 Å². The van der Waals surface area contributed by atoms with Gasteiger partial charge in [0.1, 0.15) is 0 Å². The molecule has 5 rings (SSSR count).